The number of likely N-dealkylation sites (tertiary alicyclic amines) is 1. The van der Waals surface area contributed by atoms with Crippen molar-refractivity contribution in [1.29, 1.82) is 5.41 Å². The van der Waals surface area contributed by atoms with Crippen molar-refractivity contribution in [2.24, 2.45) is 0 Å². The van der Waals surface area contributed by atoms with Crippen molar-refractivity contribution in [3.8, 4) is 0 Å². The third kappa shape index (κ3) is 3.53. The number of amides is 1. The van der Waals surface area contributed by atoms with Crippen LogP contribution >= 0.6 is 0 Å². The summed E-state index contributed by atoms with van der Waals surface area (Å²) in [4.78, 5) is 19.4. The monoisotopic (exact) mass is 441 g/mol. The second-order valence-corrected chi connectivity index (χ2v) is 7.74. The Labute approximate surface area is 182 Å². The Kier molecular flexibility index (Phi) is 5.50. The van der Waals surface area contributed by atoms with Gasteiger partial charge in [-0.25, -0.2) is 18.2 Å². The lowest BCUT2D eigenvalue weighted by molar-refractivity contribution is 0.0768. The van der Waals surface area contributed by atoms with Crippen molar-refractivity contribution in [2.75, 3.05) is 20.1 Å². The first-order chi connectivity index (χ1) is 15.2. The minimum Gasteiger partial charge on any atom is -0.387 e. The number of hydrogen-bond acceptors (Lipinski definition) is 4. The summed E-state index contributed by atoms with van der Waals surface area (Å²) in [5, 5.41) is 11.4. The molecule has 32 heavy (non-hydrogen) atoms. The molecule has 0 saturated carbocycles. The third-order valence-corrected chi connectivity index (χ3v) is 5.68. The van der Waals surface area contributed by atoms with Crippen LogP contribution in [0.5, 0.6) is 0 Å². The predicted molar refractivity (Wildman–Crippen MR) is 115 cm³/mol. The molecule has 3 aromatic rings. The lowest BCUT2D eigenvalue weighted by Gasteiger charge is -2.30. The predicted octanol–water partition coefficient (Wildman–Crippen LogP) is 3.86. The number of aryl methyl sites for hydroxylation is 2. The number of halogens is 3. The molecule has 0 radical (unpaired) electrons. The summed E-state index contributed by atoms with van der Waals surface area (Å²) in [7, 11) is 1.57. The van der Waals surface area contributed by atoms with Crippen molar-refractivity contribution in [1.82, 2.24) is 19.6 Å². The maximum Gasteiger partial charge on any atom is 0.273 e. The molecule has 1 aromatic carbocycles. The van der Waals surface area contributed by atoms with Gasteiger partial charge in [0.05, 0.1) is 18.0 Å². The van der Waals surface area contributed by atoms with Gasteiger partial charge in [-0.15, -0.1) is 0 Å². The lowest BCUT2D eigenvalue weighted by atomic mass is 9.95. The lowest BCUT2D eigenvalue weighted by Crippen LogP contribution is -2.42. The van der Waals surface area contributed by atoms with E-state index in [0.29, 0.717) is 41.3 Å². The quantitative estimate of drug-likeness (QED) is 0.606. The first kappa shape index (κ1) is 21.6. The zero-order valence-electron chi connectivity index (χ0n) is 17.9. The summed E-state index contributed by atoms with van der Waals surface area (Å²) in [6.45, 7) is 4.04. The molecule has 3 heterocycles. The van der Waals surface area contributed by atoms with Crippen molar-refractivity contribution >= 4 is 23.0 Å². The fourth-order valence-corrected chi connectivity index (χ4v) is 4.11. The summed E-state index contributed by atoms with van der Waals surface area (Å²) < 4.78 is 42.6. The Bertz CT molecular complexity index is 1270. The summed E-state index contributed by atoms with van der Waals surface area (Å²) in [6, 6.07) is 5.56. The maximum absolute atomic E-state index is 13.7. The number of benzene rings is 1. The first-order valence-electron chi connectivity index (χ1n) is 10.1. The van der Waals surface area contributed by atoms with Gasteiger partial charge < -0.3 is 15.6 Å². The number of aromatic nitrogens is 2. The second kappa shape index (κ2) is 8.14. The van der Waals surface area contributed by atoms with Gasteiger partial charge in [0.25, 0.3) is 5.91 Å². The molecule has 9 heteroatoms. The Morgan fingerprint density at radius 3 is 2.50 bits per heavy atom. The van der Waals surface area contributed by atoms with Gasteiger partial charge in [0.2, 0.25) is 0 Å². The van der Waals surface area contributed by atoms with Crippen LogP contribution in [0, 0.1) is 36.7 Å². The van der Waals surface area contributed by atoms with Crippen LogP contribution in [0.25, 0.3) is 11.3 Å². The number of carbonyl (C=O) groups excluding carboxylic acids is 1. The number of nitrogens with zero attached hydrogens (tertiary/aromatic N) is 3. The molecule has 166 valence electrons. The zero-order valence-corrected chi connectivity index (χ0v) is 17.9. The highest BCUT2D eigenvalue weighted by atomic mass is 19.2. The molecule has 6 nitrogen and oxygen atoms in total. The van der Waals surface area contributed by atoms with E-state index in [1.807, 2.05) is 19.1 Å². The average molecular weight is 441 g/mol. The van der Waals surface area contributed by atoms with E-state index in [9.17, 15) is 18.0 Å². The summed E-state index contributed by atoms with van der Waals surface area (Å²) in [5.41, 5.74) is 3.81. The molecule has 1 fully saturated rings. The summed E-state index contributed by atoms with van der Waals surface area (Å²) in [5.74, 6) is -4.38. The highest BCUT2D eigenvalue weighted by molar-refractivity contribution is 6.08. The topological polar surface area (TPSA) is 73.5 Å². The van der Waals surface area contributed by atoms with E-state index in [-0.39, 0.29) is 23.7 Å². The molecule has 1 amide bonds. The van der Waals surface area contributed by atoms with Crippen LogP contribution in [0.4, 0.5) is 13.2 Å². The highest BCUT2D eigenvalue weighted by Crippen LogP contribution is 2.27. The van der Waals surface area contributed by atoms with Gasteiger partial charge >= 0.3 is 0 Å². The summed E-state index contributed by atoms with van der Waals surface area (Å²) in [6.07, 6.45) is 2.09. The van der Waals surface area contributed by atoms with Gasteiger partial charge in [-0.2, -0.15) is 0 Å². The summed E-state index contributed by atoms with van der Waals surface area (Å²) >= 11 is 0. The fourth-order valence-electron chi connectivity index (χ4n) is 4.11. The molecule has 2 aromatic heterocycles. The zero-order chi connectivity index (χ0) is 23.2. The minimum absolute atomic E-state index is 0.0317. The number of rotatable bonds is 3. The van der Waals surface area contributed by atoms with E-state index in [0.717, 1.165) is 17.7 Å². The van der Waals surface area contributed by atoms with Crippen molar-refractivity contribution in [3.63, 3.8) is 0 Å². The maximum atomic E-state index is 13.7. The molecule has 2 N–H and O–H groups in total. The number of hydrogen-bond donors (Lipinski definition) is 2. The number of piperidine rings is 1. The normalized spacial score (nSPS) is 15.9. The van der Waals surface area contributed by atoms with Crippen LogP contribution in [0.2, 0.25) is 0 Å². The molecule has 0 spiro atoms. The molecule has 0 unspecified atom stereocenters. The van der Waals surface area contributed by atoms with Crippen LogP contribution in [-0.4, -0.2) is 46.0 Å². The Hall–Kier alpha value is -3.62. The largest absolute Gasteiger partial charge is 0.387 e. The first-order valence-corrected chi connectivity index (χ1v) is 10.1. The number of fused-ring (bicyclic) bond motifs is 1. The average Bonchev–Trinajstić information content (AvgIpc) is 3.10. The SMILES string of the molecule is CN/C(=C1/CCN(C(=O)c2c(C)nc3c(C)cccn23)CC1=N)c1cc(F)c(F)c(F)c1. The van der Waals surface area contributed by atoms with Crippen molar-refractivity contribution in [3.05, 3.63) is 76.0 Å². The van der Waals surface area contributed by atoms with E-state index in [1.165, 1.54) is 0 Å². The third-order valence-electron chi connectivity index (χ3n) is 5.68. The molecule has 0 atom stereocenters. The number of nitrogens with one attached hydrogen (secondary N) is 2. The van der Waals surface area contributed by atoms with E-state index in [1.54, 1.807) is 29.5 Å². The molecular weight excluding hydrogens is 419 g/mol. The second-order valence-electron chi connectivity index (χ2n) is 7.74. The molecule has 1 aliphatic rings. The van der Waals surface area contributed by atoms with Gasteiger partial charge in [-0.05, 0) is 44.0 Å². The fraction of sp³-hybridized carbons (Fsp3) is 0.261. The van der Waals surface area contributed by atoms with Gasteiger partial charge in [-0.3, -0.25) is 9.20 Å². The van der Waals surface area contributed by atoms with Crippen LogP contribution < -0.4 is 5.32 Å². The molecule has 1 saturated heterocycles. The van der Waals surface area contributed by atoms with Gasteiger partial charge in [0, 0.05) is 36.6 Å². The molecule has 0 bridgehead atoms. The van der Waals surface area contributed by atoms with Crippen LogP contribution in [0.3, 0.4) is 0 Å². The van der Waals surface area contributed by atoms with E-state index in [4.69, 9.17) is 5.41 Å². The smallest absolute Gasteiger partial charge is 0.273 e. The Morgan fingerprint density at radius 1 is 1.19 bits per heavy atom. The van der Waals surface area contributed by atoms with Gasteiger partial charge in [0.15, 0.2) is 17.5 Å². The molecule has 1 aliphatic heterocycles. The van der Waals surface area contributed by atoms with Crippen LogP contribution in [0.15, 0.2) is 36.0 Å². The number of pyridine rings is 1. The standard InChI is InChI=1S/C23H22F3N5O/c1-12-5-4-7-31-21(13(2)29-22(12)31)23(32)30-8-6-15(18(27)11-30)20(28-3)14-9-16(24)19(26)17(25)10-14/h4-5,7,9-10,27-28H,6,8,11H2,1-3H3/b20-15-,27-18?. The highest BCUT2D eigenvalue weighted by Gasteiger charge is 2.29. The van der Waals surface area contributed by atoms with E-state index >= 15 is 0 Å². The van der Waals surface area contributed by atoms with E-state index in [2.05, 4.69) is 10.3 Å². The number of imidazole rings is 1. The van der Waals surface area contributed by atoms with Crippen LogP contribution in [-0.2, 0) is 0 Å². The van der Waals surface area contributed by atoms with Crippen LogP contribution in [0.1, 0.15) is 33.7 Å². The Morgan fingerprint density at radius 2 is 1.88 bits per heavy atom. The Balaban J connectivity index is 1.65. The van der Waals surface area contributed by atoms with E-state index < -0.39 is 17.5 Å². The molecule has 4 rings (SSSR count). The molecular formula is C23H22F3N5O. The van der Waals surface area contributed by atoms with Crippen molar-refractivity contribution < 1.29 is 18.0 Å². The van der Waals surface area contributed by atoms with Crippen molar-refractivity contribution in [2.45, 2.75) is 20.3 Å². The minimum atomic E-state index is -1.54. The van der Waals surface area contributed by atoms with Gasteiger partial charge in [-0.1, -0.05) is 6.07 Å². The number of carbonyl (C=O) groups is 1. The molecule has 0 aliphatic carbocycles. The van der Waals surface area contributed by atoms with Gasteiger partial charge in [0.1, 0.15) is 11.3 Å².